The van der Waals surface area contributed by atoms with Crippen LogP contribution in [0.25, 0.3) is 0 Å². The third kappa shape index (κ3) is 9.64. The maximum Gasteiger partial charge on any atom is 0.249 e. The second-order valence-electron chi connectivity index (χ2n) is 6.04. The Balaban J connectivity index is 3.86. The molecule has 0 radical (unpaired) electrons. The number of Topliss-reactive ketones (excluding diaryl/α,β-unsaturated/α-hetero) is 1. The number of amides is 2. The molecule has 0 bridgehead atoms. The van der Waals surface area contributed by atoms with Crippen LogP contribution in [-0.4, -0.2) is 64.5 Å². The molecule has 0 spiro atoms. The maximum atomic E-state index is 11.7. The summed E-state index contributed by atoms with van der Waals surface area (Å²) in [4.78, 5) is 45.2. The molecule has 8 nitrogen and oxygen atoms in total. The molecule has 24 heavy (non-hydrogen) atoms. The van der Waals surface area contributed by atoms with Gasteiger partial charge in [-0.25, -0.2) is 0 Å². The summed E-state index contributed by atoms with van der Waals surface area (Å²) >= 11 is 0.984. The predicted octanol–water partition coefficient (Wildman–Crippen LogP) is -0.773. The molecule has 0 heterocycles. The number of carbonyl (C=O) groups is 4. The fraction of sp³-hybridized carbons (Fsp3) is 0.733. The minimum absolute atomic E-state index is 0.0318. The van der Waals surface area contributed by atoms with Gasteiger partial charge in [-0.1, -0.05) is 25.6 Å². The van der Waals surface area contributed by atoms with Crippen molar-refractivity contribution >= 4 is 34.5 Å². The fourth-order valence-corrected chi connectivity index (χ4v) is 2.27. The first-order valence-electron chi connectivity index (χ1n) is 7.58. The molecule has 0 aromatic rings. The van der Waals surface area contributed by atoms with E-state index in [2.05, 4.69) is 10.6 Å². The average Bonchev–Trinajstić information content (AvgIpc) is 2.49. The zero-order valence-corrected chi connectivity index (χ0v) is 15.1. The summed E-state index contributed by atoms with van der Waals surface area (Å²) in [6, 6.07) is 0. The first-order chi connectivity index (χ1) is 11.1. The van der Waals surface area contributed by atoms with Gasteiger partial charge in [0.2, 0.25) is 11.8 Å². The molecule has 0 aromatic carbocycles. The lowest BCUT2D eigenvalue weighted by atomic mass is 9.87. The summed E-state index contributed by atoms with van der Waals surface area (Å²) in [5.74, 6) is -0.773. The largest absolute Gasteiger partial charge is 0.396 e. The Kier molecular flexibility index (Phi) is 10.5. The van der Waals surface area contributed by atoms with Crippen LogP contribution >= 0.6 is 11.8 Å². The van der Waals surface area contributed by atoms with Crippen molar-refractivity contribution in [1.82, 2.24) is 10.6 Å². The van der Waals surface area contributed by atoms with E-state index in [-0.39, 0.29) is 49.3 Å². The average molecular weight is 362 g/mol. The number of hydrogen-bond donors (Lipinski definition) is 4. The first-order valence-corrected chi connectivity index (χ1v) is 8.57. The zero-order valence-electron chi connectivity index (χ0n) is 14.3. The minimum atomic E-state index is -1.37. The van der Waals surface area contributed by atoms with Gasteiger partial charge >= 0.3 is 0 Å². The molecule has 0 unspecified atom stereocenters. The van der Waals surface area contributed by atoms with E-state index in [9.17, 15) is 24.3 Å². The normalized spacial score (nSPS) is 12.4. The topological polar surface area (TPSA) is 133 Å². The number of aliphatic hydroxyl groups is 2. The number of thioether (sulfide) groups is 1. The van der Waals surface area contributed by atoms with Crippen molar-refractivity contribution in [1.29, 1.82) is 0 Å². The van der Waals surface area contributed by atoms with Crippen LogP contribution in [-0.2, 0) is 19.2 Å². The van der Waals surface area contributed by atoms with Gasteiger partial charge in [0.25, 0.3) is 0 Å². The van der Waals surface area contributed by atoms with Crippen LogP contribution in [0.4, 0.5) is 0 Å². The van der Waals surface area contributed by atoms with Crippen molar-refractivity contribution in [2.24, 2.45) is 5.41 Å². The molecular formula is C15H26N2O6S. The maximum absolute atomic E-state index is 11.7. The Morgan fingerprint density at radius 1 is 1.12 bits per heavy atom. The van der Waals surface area contributed by atoms with Crippen molar-refractivity contribution in [3.8, 4) is 0 Å². The lowest BCUT2D eigenvalue weighted by Crippen LogP contribution is -2.46. The Morgan fingerprint density at radius 3 is 2.29 bits per heavy atom. The number of hydrogen-bond acceptors (Lipinski definition) is 7. The van der Waals surface area contributed by atoms with Crippen molar-refractivity contribution in [2.75, 3.05) is 25.4 Å². The predicted molar refractivity (Wildman–Crippen MR) is 90.3 cm³/mol. The van der Waals surface area contributed by atoms with Gasteiger partial charge in [0.1, 0.15) is 11.9 Å². The van der Waals surface area contributed by atoms with Gasteiger partial charge in [-0.2, -0.15) is 0 Å². The molecule has 4 N–H and O–H groups in total. The first kappa shape index (κ1) is 22.6. The highest BCUT2D eigenvalue weighted by atomic mass is 32.2. The Morgan fingerprint density at radius 2 is 1.75 bits per heavy atom. The molecule has 0 rings (SSSR count). The molecule has 2 amide bonds. The van der Waals surface area contributed by atoms with E-state index >= 15 is 0 Å². The third-order valence-corrected chi connectivity index (χ3v) is 4.00. The van der Waals surface area contributed by atoms with E-state index in [1.165, 1.54) is 6.92 Å². The molecule has 9 heteroatoms. The Bertz CT molecular complexity index is 467. The summed E-state index contributed by atoms with van der Waals surface area (Å²) in [6.45, 7) is 4.43. The standard InChI is InChI=1S/C15H26N2O6S/c1-10(19)8-12(21)24-7-6-16-11(20)4-5-17-14(23)13(22)15(2,3)9-18/h13,18,22H,4-9H2,1-3H3,(H,16,20)(H,17,23)/t13-/m0/s1. The smallest absolute Gasteiger partial charge is 0.249 e. The molecule has 0 aliphatic carbocycles. The van der Waals surface area contributed by atoms with Gasteiger partial charge < -0.3 is 20.8 Å². The highest BCUT2D eigenvalue weighted by molar-refractivity contribution is 8.13. The molecule has 138 valence electrons. The fourth-order valence-electron chi connectivity index (χ4n) is 1.54. The lowest BCUT2D eigenvalue weighted by Gasteiger charge is -2.27. The summed E-state index contributed by atoms with van der Waals surface area (Å²) < 4.78 is 0. The SMILES string of the molecule is CC(=O)CC(=O)SCCNC(=O)CCNC(=O)[C@H](O)C(C)(C)CO. The Labute approximate surface area is 145 Å². The highest BCUT2D eigenvalue weighted by Crippen LogP contribution is 2.19. The third-order valence-electron chi connectivity index (χ3n) is 3.13. The molecule has 1 atom stereocenters. The number of aliphatic hydroxyl groups excluding tert-OH is 2. The second kappa shape index (κ2) is 11.2. The zero-order chi connectivity index (χ0) is 18.8. The Hall–Kier alpha value is -1.45. The van der Waals surface area contributed by atoms with Crippen LogP contribution in [0.5, 0.6) is 0 Å². The summed E-state index contributed by atoms with van der Waals surface area (Å²) in [5, 5.41) is 23.6. The molecule has 0 aromatic heterocycles. The van der Waals surface area contributed by atoms with Crippen LogP contribution in [0.2, 0.25) is 0 Å². The van der Waals surface area contributed by atoms with Gasteiger partial charge in [0, 0.05) is 30.7 Å². The molecule has 0 fully saturated rings. The molecule has 0 saturated heterocycles. The summed E-state index contributed by atoms with van der Waals surface area (Å²) in [7, 11) is 0. The van der Waals surface area contributed by atoms with Gasteiger partial charge in [0.05, 0.1) is 13.0 Å². The van der Waals surface area contributed by atoms with Crippen LogP contribution in [0.1, 0.15) is 33.6 Å². The van der Waals surface area contributed by atoms with E-state index in [1.807, 2.05) is 0 Å². The van der Waals surface area contributed by atoms with Crippen LogP contribution in [0, 0.1) is 5.41 Å². The van der Waals surface area contributed by atoms with E-state index in [0.717, 1.165) is 11.8 Å². The molecule has 0 aliphatic heterocycles. The van der Waals surface area contributed by atoms with Gasteiger partial charge in [-0.05, 0) is 6.92 Å². The number of ketones is 1. The van der Waals surface area contributed by atoms with Crippen LogP contribution in [0.15, 0.2) is 0 Å². The van der Waals surface area contributed by atoms with E-state index < -0.39 is 17.4 Å². The lowest BCUT2D eigenvalue weighted by molar-refractivity contribution is -0.137. The van der Waals surface area contributed by atoms with Crippen molar-refractivity contribution in [3.05, 3.63) is 0 Å². The van der Waals surface area contributed by atoms with Gasteiger partial charge in [0.15, 0.2) is 5.12 Å². The van der Waals surface area contributed by atoms with E-state index in [4.69, 9.17) is 5.11 Å². The highest BCUT2D eigenvalue weighted by Gasteiger charge is 2.32. The summed E-state index contributed by atoms with van der Waals surface area (Å²) in [6.07, 6.45) is -1.45. The summed E-state index contributed by atoms with van der Waals surface area (Å²) in [5.41, 5.74) is -0.962. The van der Waals surface area contributed by atoms with Crippen molar-refractivity contribution < 1.29 is 29.4 Å². The number of rotatable bonds is 11. The van der Waals surface area contributed by atoms with Gasteiger partial charge in [-0.3, -0.25) is 19.2 Å². The van der Waals surface area contributed by atoms with E-state index in [1.54, 1.807) is 13.8 Å². The number of nitrogens with one attached hydrogen (secondary N) is 2. The minimum Gasteiger partial charge on any atom is -0.396 e. The van der Waals surface area contributed by atoms with Crippen molar-refractivity contribution in [3.63, 3.8) is 0 Å². The van der Waals surface area contributed by atoms with Gasteiger partial charge in [-0.15, -0.1) is 0 Å². The van der Waals surface area contributed by atoms with Crippen LogP contribution in [0.3, 0.4) is 0 Å². The monoisotopic (exact) mass is 362 g/mol. The molecular weight excluding hydrogens is 336 g/mol. The quantitative estimate of drug-likeness (QED) is 0.280. The van der Waals surface area contributed by atoms with E-state index in [0.29, 0.717) is 5.75 Å². The second-order valence-corrected chi connectivity index (χ2v) is 7.19. The number of carbonyl (C=O) groups excluding carboxylic acids is 4. The van der Waals surface area contributed by atoms with Crippen molar-refractivity contribution in [2.45, 2.75) is 39.7 Å². The molecule has 0 aliphatic rings. The van der Waals surface area contributed by atoms with Crippen LogP contribution < -0.4 is 10.6 Å². The molecule has 0 saturated carbocycles.